The molecule has 464 valence electrons. The van der Waals surface area contributed by atoms with E-state index in [-0.39, 0.29) is 88.0 Å². The van der Waals surface area contributed by atoms with Crippen LogP contribution in [0.2, 0.25) is 0 Å². The Labute approximate surface area is 501 Å². The zero-order valence-electron chi connectivity index (χ0n) is 48.8. The molecular formula is C62H77F2N13O10. The molecule has 1 fully saturated rings. The number of benzene rings is 4. The lowest BCUT2D eigenvalue weighted by molar-refractivity contribution is -0.142. The van der Waals surface area contributed by atoms with Crippen LogP contribution in [0, 0.1) is 17.6 Å². The number of aliphatic hydroxyl groups is 1. The lowest BCUT2D eigenvalue weighted by Crippen LogP contribution is -2.61. The van der Waals surface area contributed by atoms with E-state index in [0.717, 1.165) is 28.6 Å². The molecule has 1 aliphatic heterocycles. The summed E-state index contributed by atoms with van der Waals surface area (Å²) in [5.41, 5.74) is 14.6. The quantitative estimate of drug-likeness (QED) is 0.0176. The van der Waals surface area contributed by atoms with Gasteiger partial charge in [0.15, 0.2) is 17.6 Å². The number of likely N-dealkylation sites (N-methyl/N-ethyl adjacent to an activating group) is 1. The number of fused-ring (bicyclic) bond motifs is 2. The largest absolute Gasteiger partial charge is 0.508 e. The predicted molar refractivity (Wildman–Crippen MR) is 322 cm³/mol. The maximum atomic E-state index is 15.0. The van der Waals surface area contributed by atoms with E-state index in [1.54, 1.807) is 31.5 Å². The Balaban J connectivity index is 1.14. The number of guanidine groups is 1. The number of aliphatic imine (C=N–C) groups is 1. The summed E-state index contributed by atoms with van der Waals surface area (Å²) in [6.45, 7) is 5.19. The van der Waals surface area contributed by atoms with E-state index < -0.39 is 102 Å². The van der Waals surface area contributed by atoms with Gasteiger partial charge in [0.25, 0.3) is 0 Å². The highest BCUT2D eigenvalue weighted by atomic mass is 19.2. The summed E-state index contributed by atoms with van der Waals surface area (Å²) in [6.07, 6.45) is 3.95. The number of aryl methyl sites for hydroxylation is 1. The van der Waals surface area contributed by atoms with E-state index >= 15 is 0 Å². The molecule has 4 aromatic carbocycles. The molecule has 6 aromatic rings. The number of phenols is 1. The topological polar surface area (TPSA) is 360 Å². The summed E-state index contributed by atoms with van der Waals surface area (Å²) >= 11 is 0. The van der Waals surface area contributed by atoms with Crippen molar-refractivity contribution in [2.45, 2.75) is 127 Å². The number of nitrogens with zero attached hydrogens (tertiary/aromatic N) is 2. The first-order chi connectivity index (χ1) is 41.7. The normalized spacial score (nSPS) is 15.1. The molecule has 0 unspecified atom stereocenters. The van der Waals surface area contributed by atoms with Crippen molar-refractivity contribution in [2.24, 2.45) is 22.4 Å². The predicted octanol–water partition coefficient (Wildman–Crippen LogP) is 2.42. The number of carbonyl (C=O) groups excluding carboxylic acids is 8. The minimum absolute atomic E-state index is 0.0111. The maximum Gasteiger partial charge on any atom is 0.245 e. The van der Waals surface area contributed by atoms with Gasteiger partial charge >= 0.3 is 0 Å². The monoisotopic (exact) mass is 1200 g/mol. The Kier molecular flexibility index (Phi) is 23.3. The number of carbonyl (C=O) groups is 8. The fourth-order valence-electron chi connectivity index (χ4n) is 10.6. The van der Waals surface area contributed by atoms with Crippen LogP contribution in [0.15, 0.2) is 108 Å². The second kappa shape index (κ2) is 31.1. The Hall–Kier alpha value is -9.39. The Bertz CT molecular complexity index is 3420. The third-order valence-electron chi connectivity index (χ3n) is 15.0. The number of halogens is 2. The number of aliphatic hydroxyl groups excluding tert-OH is 1. The number of nitrogens with one attached hydrogen (secondary N) is 9. The number of aromatic amines is 2. The van der Waals surface area contributed by atoms with Crippen LogP contribution in [0.5, 0.6) is 5.75 Å². The van der Waals surface area contributed by atoms with E-state index in [9.17, 15) is 57.4 Å². The third kappa shape index (κ3) is 18.3. The molecule has 0 spiro atoms. The number of H-pyrrole nitrogens is 2. The molecule has 2 aromatic heterocycles. The molecule has 0 bridgehead atoms. The Morgan fingerprint density at radius 3 is 1.77 bits per heavy atom. The summed E-state index contributed by atoms with van der Waals surface area (Å²) in [4.78, 5) is 126. The highest BCUT2D eigenvalue weighted by Crippen LogP contribution is 2.24. The molecule has 8 amide bonds. The van der Waals surface area contributed by atoms with Crippen molar-refractivity contribution in [3.63, 3.8) is 0 Å². The zero-order valence-corrected chi connectivity index (χ0v) is 48.8. The van der Waals surface area contributed by atoms with E-state index in [2.05, 4.69) is 52.2 Å². The average Bonchev–Trinajstić information content (AvgIpc) is 3.31. The Morgan fingerprint density at radius 1 is 0.667 bits per heavy atom. The second-order valence-electron chi connectivity index (χ2n) is 22.0. The van der Waals surface area contributed by atoms with Crippen LogP contribution in [0.4, 0.5) is 8.78 Å². The molecule has 1 saturated heterocycles. The SMILES string of the molecule is CCNC(=O)[C@@H]1CCCN1C(=O)[C@H](CCCN=C(N)N)NC(=O)[C@H](CC(C)C)NC(=O)[C@@H](Cc1c[nH]c2ccccc12)NC(=O)[C@H](Cc1ccc(O)cc1)NC(=O)[C@H](CO)NC(=O)[C@@H](Cc1c[nH]c2ccccc12)NC(=O)CCc1ccc(F)c(F)c1. The number of amides is 8. The van der Waals surface area contributed by atoms with Crippen LogP contribution >= 0.6 is 0 Å². The van der Waals surface area contributed by atoms with Gasteiger partial charge < -0.3 is 73.8 Å². The van der Waals surface area contributed by atoms with Crippen molar-refractivity contribution in [3.05, 3.63) is 137 Å². The summed E-state index contributed by atoms with van der Waals surface area (Å²) < 4.78 is 27.7. The number of para-hydroxylation sites is 2. The molecule has 3 heterocycles. The van der Waals surface area contributed by atoms with E-state index in [1.807, 2.05) is 50.2 Å². The van der Waals surface area contributed by atoms with Gasteiger partial charge in [0, 0.05) is 79.5 Å². The smallest absolute Gasteiger partial charge is 0.245 e. The first kappa shape index (κ1) is 65.2. The molecule has 23 nitrogen and oxygen atoms in total. The average molecular weight is 1200 g/mol. The highest BCUT2D eigenvalue weighted by molar-refractivity contribution is 5.99. The van der Waals surface area contributed by atoms with Crippen molar-refractivity contribution in [1.29, 1.82) is 0 Å². The number of aromatic hydroxyl groups is 1. The number of nitrogens with two attached hydrogens (primary N) is 2. The number of rotatable bonds is 30. The van der Waals surface area contributed by atoms with Crippen LogP contribution in [0.25, 0.3) is 21.8 Å². The van der Waals surface area contributed by atoms with Crippen LogP contribution < -0.4 is 48.7 Å². The van der Waals surface area contributed by atoms with Crippen molar-refractivity contribution < 1.29 is 57.4 Å². The van der Waals surface area contributed by atoms with Crippen molar-refractivity contribution >= 4 is 75.0 Å². The van der Waals surface area contributed by atoms with E-state index in [1.165, 1.54) is 35.2 Å². The van der Waals surface area contributed by atoms with E-state index in [0.29, 0.717) is 47.0 Å². The van der Waals surface area contributed by atoms with Gasteiger partial charge in [-0.1, -0.05) is 68.4 Å². The third-order valence-corrected chi connectivity index (χ3v) is 15.0. The minimum Gasteiger partial charge on any atom is -0.508 e. The van der Waals surface area contributed by atoms with Crippen LogP contribution in [0.1, 0.15) is 81.5 Å². The van der Waals surface area contributed by atoms with E-state index in [4.69, 9.17) is 11.5 Å². The molecular weight excluding hydrogens is 1120 g/mol. The summed E-state index contributed by atoms with van der Waals surface area (Å²) in [6, 6.07) is 14.2. The first-order valence-corrected chi connectivity index (χ1v) is 29.1. The lowest BCUT2D eigenvalue weighted by Gasteiger charge is -2.30. The molecule has 0 aliphatic carbocycles. The van der Waals surface area contributed by atoms with Gasteiger partial charge in [0.1, 0.15) is 48.0 Å². The number of hydrogen-bond acceptors (Lipinski definition) is 11. The van der Waals surface area contributed by atoms with Crippen molar-refractivity contribution in [1.82, 2.24) is 52.1 Å². The lowest BCUT2D eigenvalue weighted by atomic mass is 9.99. The minimum atomic E-state index is -1.73. The van der Waals surface area contributed by atoms with Gasteiger partial charge in [-0.25, -0.2) is 8.78 Å². The van der Waals surface area contributed by atoms with Gasteiger partial charge in [-0.05, 0) is 110 Å². The van der Waals surface area contributed by atoms with Crippen LogP contribution in [-0.4, -0.2) is 147 Å². The molecule has 25 heteroatoms. The number of aromatic nitrogens is 2. The number of hydrogen-bond donors (Lipinski definition) is 13. The molecule has 7 atom stereocenters. The van der Waals surface area contributed by atoms with Gasteiger partial charge in [0.05, 0.1) is 6.61 Å². The number of phenolic OH excluding ortho intramolecular Hbond substituents is 1. The fraction of sp³-hybridized carbons (Fsp3) is 0.403. The molecule has 15 N–H and O–H groups in total. The van der Waals surface area contributed by atoms with Gasteiger partial charge in [-0.3, -0.25) is 43.3 Å². The van der Waals surface area contributed by atoms with Crippen LogP contribution in [-0.2, 0) is 64.0 Å². The molecule has 1 aliphatic rings. The molecule has 0 saturated carbocycles. The maximum absolute atomic E-state index is 15.0. The molecule has 7 rings (SSSR count). The van der Waals surface area contributed by atoms with Crippen LogP contribution in [0.3, 0.4) is 0 Å². The summed E-state index contributed by atoms with van der Waals surface area (Å²) in [7, 11) is 0. The zero-order chi connectivity index (χ0) is 62.7. The standard InChI is InChI=1S/C62H77F2N13O10/c1-4-67-60(86)53-16-10-26-77(53)61(87)47(15-9-25-68-62(65)66)72-55(81)48(27-35(2)3)73-58(84)51(31-39-33-70-46-14-8-6-12-42(39)46)75-56(82)49(29-37-17-21-40(79)22-18-37)74-59(85)52(34-78)76-57(83)50(30-38-32-69-45-13-7-5-11-41(38)45)71-54(80)24-20-36-19-23-43(63)44(64)28-36/h5-8,11-14,17-19,21-23,28,32-33,35,47-53,69-70,78-79H,4,9-10,15-16,20,24-27,29-31,34H2,1-3H3,(H,67,86)(H,71,80)(H,72,81)(H,73,84)(H,74,85)(H,75,82)(H,76,83)(H4,65,66,68)/t47-,48-,49-,50+,51+,52-,53-/m0/s1. The Morgan fingerprint density at radius 2 is 1.20 bits per heavy atom. The summed E-state index contributed by atoms with van der Waals surface area (Å²) in [5.74, 6) is -8.46. The fourth-order valence-corrected chi connectivity index (χ4v) is 10.6. The second-order valence-corrected chi connectivity index (χ2v) is 22.0. The van der Waals surface area contributed by atoms with Gasteiger partial charge in [0.2, 0.25) is 47.3 Å². The first-order valence-electron chi connectivity index (χ1n) is 29.1. The van der Waals surface area contributed by atoms with Crippen molar-refractivity contribution in [3.8, 4) is 5.75 Å². The molecule has 0 radical (unpaired) electrons. The van der Waals surface area contributed by atoms with Gasteiger partial charge in [-0.2, -0.15) is 0 Å². The number of likely N-dealkylation sites (tertiary alicyclic amines) is 1. The van der Waals surface area contributed by atoms with Crippen molar-refractivity contribution in [2.75, 3.05) is 26.2 Å². The van der Waals surface area contributed by atoms with Gasteiger partial charge in [-0.15, -0.1) is 0 Å². The summed E-state index contributed by atoms with van der Waals surface area (Å²) in [5, 5.41) is 41.4. The molecule has 87 heavy (non-hydrogen) atoms. The highest BCUT2D eigenvalue weighted by Gasteiger charge is 2.39.